The van der Waals surface area contributed by atoms with Gasteiger partial charge in [0.25, 0.3) is 0 Å². The van der Waals surface area contributed by atoms with Crippen molar-refractivity contribution in [2.24, 2.45) is 0 Å². The number of thiophene rings is 1. The summed E-state index contributed by atoms with van der Waals surface area (Å²) in [5.74, 6) is 0.420. The standard InChI is InChI=1S/C16H20N4O3S/c1-5-23-16(22)12-9(2)11-13(17-8-18-14(11)24-12)20(4)10-6-7-19(3)15(10)21/h8,10H,5-7H2,1-4H3. The Bertz CT molecular complexity index is 804. The van der Waals surface area contributed by atoms with Crippen molar-refractivity contribution >= 4 is 39.2 Å². The van der Waals surface area contributed by atoms with Crippen LogP contribution in [0.4, 0.5) is 5.82 Å². The van der Waals surface area contributed by atoms with Gasteiger partial charge < -0.3 is 14.5 Å². The van der Waals surface area contributed by atoms with Gasteiger partial charge in [0.05, 0.1) is 12.0 Å². The Morgan fingerprint density at radius 3 is 2.88 bits per heavy atom. The van der Waals surface area contributed by atoms with Gasteiger partial charge in [0.2, 0.25) is 5.91 Å². The van der Waals surface area contributed by atoms with E-state index in [1.54, 1.807) is 18.9 Å². The zero-order valence-corrected chi connectivity index (χ0v) is 15.0. The molecule has 0 aliphatic carbocycles. The number of amides is 1. The molecular weight excluding hydrogens is 328 g/mol. The van der Waals surface area contributed by atoms with Gasteiger partial charge in [-0.2, -0.15) is 0 Å². The van der Waals surface area contributed by atoms with E-state index in [0.717, 1.165) is 28.7 Å². The van der Waals surface area contributed by atoms with Crippen LogP contribution in [0.25, 0.3) is 10.2 Å². The first kappa shape index (κ1) is 16.6. The summed E-state index contributed by atoms with van der Waals surface area (Å²) in [7, 11) is 3.67. The van der Waals surface area contributed by atoms with E-state index in [2.05, 4.69) is 9.97 Å². The van der Waals surface area contributed by atoms with Gasteiger partial charge in [0.15, 0.2) is 0 Å². The lowest BCUT2D eigenvalue weighted by Gasteiger charge is -2.24. The summed E-state index contributed by atoms with van der Waals surface area (Å²) in [4.78, 5) is 38.0. The Balaban J connectivity index is 2.06. The molecular formula is C16H20N4O3S. The maximum absolute atomic E-state index is 12.3. The molecule has 0 spiro atoms. The van der Waals surface area contributed by atoms with Crippen LogP contribution >= 0.6 is 11.3 Å². The minimum atomic E-state index is -0.344. The summed E-state index contributed by atoms with van der Waals surface area (Å²) in [6, 6.07) is -0.238. The van der Waals surface area contributed by atoms with E-state index in [0.29, 0.717) is 17.3 Å². The summed E-state index contributed by atoms with van der Waals surface area (Å²) in [6.45, 7) is 4.71. The SMILES string of the molecule is CCOC(=O)c1sc2ncnc(N(C)C3CCN(C)C3=O)c2c1C. The zero-order valence-electron chi connectivity index (χ0n) is 14.2. The number of aromatic nitrogens is 2. The van der Waals surface area contributed by atoms with Crippen molar-refractivity contribution in [2.75, 3.05) is 32.1 Å². The van der Waals surface area contributed by atoms with Gasteiger partial charge in [-0.3, -0.25) is 4.79 Å². The summed E-state index contributed by atoms with van der Waals surface area (Å²) < 4.78 is 5.12. The first-order chi connectivity index (χ1) is 11.5. The van der Waals surface area contributed by atoms with Gasteiger partial charge in [-0.15, -0.1) is 11.3 Å². The van der Waals surface area contributed by atoms with E-state index < -0.39 is 0 Å². The van der Waals surface area contributed by atoms with Gasteiger partial charge in [0.1, 0.15) is 27.9 Å². The number of hydrogen-bond acceptors (Lipinski definition) is 7. The van der Waals surface area contributed by atoms with Crippen molar-refractivity contribution in [1.29, 1.82) is 0 Å². The van der Waals surface area contributed by atoms with E-state index in [1.165, 1.54) is 17.7 Å². The molecule has 0 saturated carbocycles. The fraction of sp³-hybridized carbons (Fsp3) is 0.500. The molecule has 1 atom stereocenters. The Hall–Kier alpha value is -2.22. The number of ether oxygens (including phenoxy) is 1. The Kier molecular flexibility index (Phi) is 4.40. The number of fused-ring (bicyclic) bond motifs is 1. The molecule has 2 aromatic rings. The third kappa shape index (κ3) is 2.60. The zero-order chi connectivity index (χ0) is 17.4. The van der Waals surface area contributed by atoms with Crippen molar-refractivity contribution in [3.63, 3.8) is 0 Å². The monoisotopic (exact) mass is 348 g/mol. The number of rotatable bonds is 4. The minimum absolute atomic E-state index is 0.0859. The van der Waals surface area contributed by atoms with Crippen molar-refractivity contribution in [2.45, 2.75) is 26.3 Å². The van der Waals surface area contributed by atoms with E-state index in [9.17, 15) is 9.59 Å². The lowest BCUT2D eigenvalue weighted by atomic mass is 10.1. The number of esters is 1. The molecule has 1 unspecified atom stereocenters. The van der Waals surface area contributed by atoms with Crippen LogP contribution in [0.5, 0.6) is 0 Å². The van der Waals surface area contributed by atoms with Gasteiger partial charge in [-0.1, -0.05) is 0 Å². The predicted molar refractivity (Wildman–Crippen MR) is 92.6 cm³/mol. The number of carbonyl (C=O) groups excluding carboxylic acids is 2. The number of aryl methyl sites for hydroxylation is 1. The van der Waals surface area contributed by atoms with Gasteiger partial charge in [-0.25, -0.2) is 14.8 Å². The van der Waals surface area contributed by atoms with Crippen LogP contribution in [-0.2, 0) is 9.53 Å². The Labute approximate surface area is 144 Å². The van der Waals surface area contributed by atoms with E-state index in [-0.39, 0.29) is 17.9 Å². The first-order valence-electron chi connectivity index (χ1n) is 7.84. The molecule has 3 rings (SSSR count). The maximum Gasteiger partial charge on any atom is 0.348 e. The lowest BCUT2D eigenvalue weighted by Crippen LogP contribution is -2.39. The number of carbonyl (C=O) groups is 2. The number of anilines is 1. The molecule has 1 fully saturated rings. The van der Waals surface area contributed by atoms with Crippen LogP contribution < -0.4 is 4.90 Å². The molecule has 0 bridgehead atoms. The molecule has 1 saturated heterocycles. The van der Waals surface area contributed by atoms with Crippen LogP contribution in [0.15, 0.2) is 6.33 Å². The molecule has 8 heteroatoms. The smallest absolute Gasteiger partial charge is 0.348 e. The van der Waals surface area contributed by atoms with Crippen molar-refractivity contribution in [1.82, 2.24) is 14.9 Å². The van der Waals surface area contributed by atoms with Gasteiger partial charge >= 0.3 is 5.97 Å². The molecule has 0 aromatic carbocycles. The highest BCUT2D eigenvalue weighted by atomic mass is 32.1. The van der Waals surface area contributed by atoms with Gasteiger partial charge in [-0.05, 0) is 25.8 Å². The largest absolute Gasteiger partial charge is 0.462 e. The van der Waals surface area contributed by atoms with Crippen molar-refractivity contribution in [3.05, 3.63) is 16.8 Å². The molecule has 0 radical (unpaired) electrons. The average Bonchev–Trinajstić information content (AvgIpc) is 3.08. The summed E-state index contributed by atoms with van der Waals surface area (Å²) in [5.41, 5.74) is 0.801. The first-order valence-corrected chi connectivity index (χ1v) is 8.66. The number of hydrogen-bond donors (Lipinski definition) is 0. The van der Waals surface area contributed by atoms with E-state index >= 15 is 0 Å². The highest BCUT2D eigenvalue weighted by Crippen LogP contribution is 2.36. The van der Waals surface area contributed by atoms with Crippen LogP contribution in [-0.4, -0.2) is 60.0 Å². The minimum Gasteiger partial charge on any atom is -0.462 e. The van der Waals surface area contributed by atoms with Crippen LogP contribution in [0.2, 0.25) is 0 Å². The Morgan fingerprint density at radius 1 is 1.50 bits per heavy atom. The topological polar surface area (TPSA) is 75.6 Å². The van der Waals surface area contributed by atoms with Crippen LogP contribution in [0.1, 0.15) is 28.6 Å². The molecule has 0 N–H and O–H groups in total. The second kappa shape index (κ2) is 6.35. The highest BCUT2D eigenvalue weighted by Gasteiger charge is 2.34. The second-order valence-corrected chi connectivity index (χ2v) is 6.83. The molecule has 3 heterocycles. The normalized spacial score (nSPS) is 17.6. The van der Waals surface area contributed by atoms with E-state index in [4.69, 9.17) is 4.74 Å². The average molecular weight is 348 g/mol. The van der Waals surface area contributed by atoms with Gasteiger partial charge in [0, 0.05) is 20.6 Å². The third-order valence-electron chi connectivity index (χ3n) is 4.37. The number of likely N-dealkylation sites (N-methyl/N-ethyl adjacent to an activating group) is 2. The van der Waals surface area contributed by atoms with Crippen molar-refractivity contribution in [3.8, 4) is 0 Å². The predicted octanol–water partition coefficient (Wildman–Crippen LogP) is 1.84. The lowest BCUT2D eigenvalue weighted by molar-refractivity contribution is -0.127. The fourth-order valence-electron chi connectivity index (χ4n) is 3.02. The molecule has 24 heavy (non-hydrogen) atoms. The van der Waals surface area contributed by atoms with E-state index in [1.807, 2.05) is 18.9 Å². The van der Waals surface area contributed by atoms with Crippen molar-refractivity contribution < 1.29 is 14.3 Å². The summed E-state index contributed by atoms with van der Waals surface area (Å²) >= 11 is 1.30. The fourth-order valence-corrected chi connectivity index (χ4v) is 4.06. The maximum atomic E-state index is 12.3. The van der Waals surface area contributed by atoms with Crippen LogP contribution in [0.3, 0.4) is 0 Å². The molecule has 2 aromatic heterocycles. The summed E-state index contributed by atoms with van der Waals surface area (Å²) in [5, 5.41) is 0.815. The second-order valence-electron chi connectivity index (χ2n) is 5.83. The molecule has 1 aliphatic heterocycles. The highest BCUT2D eigenvalue weighted by molar-refractivity contribution is 7.20. The number of nitrogens with zero attached hydrogens (tertiary/aromatic N) is 4. The molecule has 1 amide bonds. The summed E-state index contributed by atoms with van der Waals surface area (Å²) in [6.07, 6.45) is 2.23. The molecule has 1 aliphatic rings. The molecule has 128 valence electrons. The third-order valence-corrected chi connectivity index (χ3v) is 5.55. The molecule has 7 nitrogen and oxygen atoms in total. The Morgan fingerprint density at radius 2 is 2.25 bits per heavy atom. The van der Waals surface area contributed by atoms with Crippen LogP contribution in [0, 0.1) is 6.92 Å². The quantitative estimate of drug-likeness (QED) is 0.785. The number of likely N-dealkylation sites (tertiary alicyclic amines) is 1.